The summed E-state index contributed by atoms with van der Waals surface area (Å²) in [5.74, 6) is 3.72. The molecule has 0 aliphatic heterocycles. The lowest BCUT2D eigenvalue weighted by atomic mass is 9.56. The Morgan fingerprint density at radius 3 is 0.977 bits per heavy atom. The first-order valence-corrected chi connectivity index (χ1v) is 31.4. The molecule has 1 radical (unpaired) electrons. The van der Waals surface area contributed by atoms with Crippen molar-refractivity contribution in [3.05, 3.63) is 0 Å². The van der Waals surface area contributed by atoms with Crippen LogP contribution in [-0.2, 0) is 4.12 Å². The molecule has 0 unspecified atom stereocenters. The lowest BCUT2D eigenvalue weighted by Crippen LogP contribution is -2.82. The van der Waals surface area contributed by atoms with E-state index >= 15 is 0 Å². The fourth-order valence-electron chi connectivity index (χ4n) is 10.7. The molecule has 4 aliphatic rings. The van der Waals surface area contributed by atoms with Gasteiger partial charge in [0.25, 0.3) is 0 Å². The molecule has 0 aromatic heterocycles. The van der Waals surface area contributed by atoms with E-state index in [1.807, 2.05) is 0 Å². The van der Waals surface area contributed by atoms with Gasteiger partial charge in [0, 0.05) is 0 Å². The molecule has 0 amide bonds. The lowest BCUT2D eigenvalue weighted by molar-refractivity contribution is 0.111. The van der Waals surface area contributed by atoms with Crippen LogP contribution in [0.1, 0.15) is 157 Å². The van der Waals surface area contributed by atoms with Crippen LogP contribution in [0, 0.1) is 23.7 Å². The molecule has 6 heteroatoms. The zero-order valence-corrected chi connectivity index (χ0v) is 38.3. The van der Waals surface area contributed by atoms with E-state index in [4.69, 9.17) is 4.12 Å². The van der Waals surface area contributed by atoms with Crippen molar-refractivity contribution in [3.8, 4) is 0 Å². The topological polar surface area (TPSA) is 9.23 Å². The Balaban J connectivity index is 2.63. The molecular weight excluding hydrogens is 601 g/mol. The van der Waals surface area contributed by atoms with Crippen molar-refractivity contribution >= 4 is 44.2 Å². The maximum absolute atomic E-state index is 8.65. The fourth-order valence-corrected chi connectivity index (χ4v) is 97.9. The molecule has 43 heavy (non-hydrogen) atoms. The van der Waals surface area contributed by atoms with E-state index in [0.717, 1.165) is 23.7 Å². The maximum atomic E-state index is 8.65. The third-order valence-corrected chi connectivity index (χ3v) is 78.9. The SMILES string of the molecule is CC(C)(C)[Si](C)(O[Si](=C1C2CC3CC(C2)CC1C3)[Si]([Si](C)(C(C)(C)C)C(C)(C)C)[Si](C)(C(C)(C)C)C(C)(C)C)C(C)(C)C. The van der Waals surface area contributed by atoms with Crippen LogP contribution in [0.4, 0.5) is 0 Å². The van der Waals surface area contributed by atoms with Crippen LogP contribution >= 0.6 is 0 Å². The molecule has 0 N–H and O–H groups in total. The Morgan fingerprint density at radius 1 is 0.465 bits per heavy atom. The van der Waals surface area contributed by atoms with Crippen LogP contribution in [0.5, 0.6) is 0 Å². The van der Waals surface area contributed by atoms with Crippen molar-refractivity contribution < 1.29 is 4.12 Å². The van der Waals surface area contributed by atoms with E-state index in [-0.39, 0.29) is 10.1 Å². The minimum Gasteiger partial charge on any atom is -0.607 e. The fraction of sp³-hybridized carbons (Fsp3) is 0.973. The van der Waals surface area contributed by atoms with Gasteiger partial charge in [-0.3, -0.25) is 0 Å². The monoisotopic (exact) mass is 677 g/mol. The van der Waals surface area contributed by atoms with E-state index in [9.17, 15) is 0 Å². The number of rotatable bonds is 5. The summed E-state index contributed by atoms with van der Waals surface area (Å²) in [6.45, 7) is 56.0. The van der Waals surface area contributed by atoms with Crippen molar-refractivity contribution in [1.82, 2.24) is 0 Å². The summed E-state index contributed by atoms with van der Waals surface area (Å²) in [4.78, 5) is 0. The zero-order valence-electron chi connectivity index (χ0n) is 33.3. The molecule has 1 nitrogen and oxygen atoms in total. The highest BCUT2D eigenvalue weighted by Gasteiger charge is 2.70. The van der Waals surface area contributed by atoms with Crippen molar-refractivity contribution in [3.63, 3.8) is 0 Å². The molecule has 0 atom stereocenters. The molecule has 0 spiro atoms. The van der Waals surface area contributed by atoms with Gasteiger partial charge in [-0.25, -0.2) is 0 Å². The summed E-state index contributed by atoms with van der Waals surface area (Å²) in [6, 6.07) is 0. The van der Waals surface area contributed by atoms with Crippen LogP contribution in [0.15, 0.2) is 0 Å². The quantitative estimate of drug-likeness (QED) is 0.263. The molecule has 4 bridgehead atoms. The third kappa shape index (κ3) is 6.12. The van der Waals surface area contributed by atoms with E-state index in [1.165, 1.54) is 32.1 Å². The Hall–Kier alpha value is 0.754. The zero-order chi connectivity index (χ0) is 33.8. The van der Waals surface area contributed by atoms with Gasteiger partial charge in [0.2, 0.25) is 8.32 Å². The molecular formula is C37H77OSi5. The average Bonchev–Trinajstić information content (AvgIpc) is 2.73. The molecule has 4 rings (SSSR count). The van der Waals surface area contributed by atoms with Crippen molar-refractivity contribution in [2.24, 2.45) is 23.7 Å². The third-order valence-electron chi connectivity index (χ3n) is 14.7. The largest absolute Gasteiger partial charge is 0.607 e. The van der Waals surface area contributed by atoms with Crippen LogP contribution in [0.2, 0.25) is 49.9 Å². The van der Waals surface area contributed by atoms with Crippen LogP contribution < -0.4 is 0 Å². The molecule has 4 saturated carbocycles. The normalized spacial score (nSPS) is 26.4. The summed E-state index contributed by atoms with van der Waals surface area (Å²) < 4.78 is 8.65. The number of hydrogen-bond acceptors (Lipinski definition) is 1. The number of hydrogen-bond donors (Lipinski definition) is 0. The lowest BCUT2D eigenvalue weighted by Gasteiger charge is -2.65. The first kappa shape index (κ1) is 38.2. The summed E-state index contributed by atoms with van der Waals surface area (Å²) in [7, 11) is -8.29. The van der Waals surface area contributed by atoms with Crippen LogP contribution in [0.3, 0.4) is 0 Å². The highest BCUT2D eigenvalue weighted by Crippen LogP contribution is 2.62. The summed E-state index contributed by atoms with van der Waals surface area (Å²) in [5, 5.41) is 3.81. The van der Waals surface area contributed by atoms with Gasteiger partial charge >= 0.3 is 0 Å². The Labute approximate surface area is 277 Å². The van der Waals surface area contributed by atoms with Gasteiger partial charge in [-0.2, -0.15) is 0 Å². The van der Waals surface area contributed by atoms with E-state index in [2.05, 4.69) is 149 Å². The highest BCUT2D eigenvalue weighted by atomic mass is 29.9. The van der Waals surface area contributed by atoms with Gasteiger partial charge in [0.1, 0.15) is 0 Å². The van der Waals surface area contributed by atoms with Gasteiger partial charge in [0.05, 0.1) is 22.5 Å². The highest BCUT2D eigenvalue weighted by molar-refractivity contribution is 7.79. The predicted molar refractivity (Wildman–Crippen MR) is 208 cm³/mol. The Bertz CT molecular complexity index is 951. The summed E-state index contributed by atoms with van der Waals surface area (Å²) in [5.41, 5.74) is 0. The van der Waals surface area contributed by atoms with Gasteiger partial charge in [0.15, 0.2) is 8.17 Å². The van der Waals surface area contributed by atoms with Gasteiger partial charge in [-0.1, -0.05) is 143 Å². The summed E-state index contributed by atoms with van der Waals surface area (Å²) in [6.07, 6.45) is 7.50. The predicted octanol–water partition coefficient (Wildman–Crippen LogP) is 12.5. The van der Waals surface area contributed by atoms with Gasteiger partial charge < -0.3 is 4.12 Å². The minimum atomic E-state index is -2.22. The first-order chi connectivity index (χ1) is 18.8. The smallest absolute Gasteiger partial charge is 0.240 e. The summed E-state index contributed by atoms with van der Waals surface area (Å²) >= 11 is 0. The van der Waals surface area contributed by atoms with Crippen molar-refractivity contribution in [2.75, 3.05) is 0 Å². The minimum absolute atomic E-state index is 0.198. The molecule has 4 fully saturated rings. The average molecular weight is 678 g/mol. The Morgan fingerprint density at radius 2 is 0.744 bits per heavy atom. The van der Waals surface area contributed by atoms with E-state index in [1.54, 1.807) is 0 Å². The maximum Gasteiger partial charge on any atom is 0.240 e. The molecule has 0 aromatic rings. The van der Waals surface area contributed by atoms with Crippen molar-refractivity contribution in [2.45, 2.75) is 207 Å². The second kappa shape index (κ2) is 11.2. The standard InChI is InChI=1S/C37H77OSi5/c1-32(2,3)41(19,33(4,5)6)38-39(31-29-23-27-22-28(25-29)26-30(31)24-27)40(42(20,34(7,8)9)35(10,11)12)43(21,36(13,14)15)37(16,17)18/h27-30H,22-26H2,1-21H3. The van der Waals surface area contributed by atoms with Crippen LogP contribution in [0.25, 0.3) is 0 Å². The first-order valence-electron chi connectivity index (χ1n) is 18.1. The molecule has 0 aromatic carbocycles. The second-order valence-electron chi connectivity index (χ2n) is 22.3. The van der Waals surface area contributed by atoms with Gasteiger partial charge in [-0.05, 0) is 92.6 Å². The van der Waals surface area contributed by atoms with Crippen LogP contribution in [-0.4, -0.2) is 44.2 Å². The Kier molecular flexibility index (Phi) is 9.91. The van der Waals surface area contributed by atoms with E-state index in [0.29, 0.717) is 20.2 Å². The van der Waals surface area contributed by atoms with Gasteiger partial charge in [-0.15, -0.1) is 0 Å². The molecule has 0 heterocycles. The van der Waals surface area contributed by atoms with Crippen molar-refractivity contribution in [1.29, 1.82) is 0 Å². The second-order valence-corrected chi connectivity index (χ2v) is 57.1. The molecule has 0 saturated heterocycles. The molecule has 251 valence electrons. The molecule has 4 aliphatic carbocycles. The van der Waals surface area contributed by atoms with E-state index < -0.39 is 39.0 Å².